The van der Waals surface area contributed by atoms with Crippen molar-refractivity contribution in [3.8, 4) is 0 Å². The van der Waals surface area contributed by atoms with Crippen LogP contribution in [0.1, 0.15) is 34.1 Å². The third kappa shape index (κ3) is 5.15. The standard InChI is InChI=1S/C19H16Cl2O4/c1-2-25-17(22)11-16(18(23)12-3-7-14(20)8-4-12)19(24)13-5-9-15(21)10-6-13/h3-10,16H,2,11H2,1H3. The number of ether oxygens (including phenoxy) is 1. The van der Waals surface area contributed by atoms with Crippen LogP contribution in [0.4, 0.5) is 0 Å². The highest BCUT2D eigenvalue weighted by Gasteiger charge is 2.31. The van der Waals surface area contributed by atoms with Gasteiger partial charge in [0.2, 0.25) is 0 Å². The molecule has 0 aliphatic carbocycles. The summed E-state index contributed by atoms with van der Waals surface area (Å²) in [5.41, 5.74) is 0.613. The molecule has 2 rings (SSSR count). The topological polar surface area (TPSA) is 60.4 Å². The van der Waals surface area contributed by atoms with Crippen LogP contribution in [-0.4, -0.2) is 24.1 Å². The third-order valence-corrected chi connectivity index (χ3v) is 4.07. The summed E-state index contributed by atoms with van der Waals surface area (Å²) in [6.45, 7) is 1.84. The van der Waals surface area contributed by atoms with Gasteiger partial charge in [0, 0.05) is 21.2 Å². The van der Waals surface area contributed by atoms with Gasteiger partial charge in [0.05, 0.1) is 18.9 Å². The molecule has 0 bridgehead atoms. The minimum absolute atomic E-state index is 0.176. The summed E-state index contributed by atoms with van der Waals surface area (Å²) in [6, 6.07) is 12.3. The maximum Gasteiger partial charge on any atom is 0.306 e. The number of carbonyl (C=O) groups is 3. The van der Waals surface area contributed by atoms with Gasteiger partial charge in [-0.2, -0.15) is 0 Å². The number of Topliss-reactive ketones (excluding diaryl/α,β-unsaturated/α-hetero) is 2. The minimum Gasteiger partial charge on any atom is -0.466 e. The minimum atomic E-state index is -1.17. The summed E-state index contributed by atoms with van der Waals surface area (Å²) in [7, 11) is 0. The van der Waals surface area contributed by atoms with Crippen molar-refractivity contribution >= 4 is 40.7 Å². The summed E-state index contributed by atoms with van der Waals surface area (Å²) in [4.78, 5) is 37.4. The van der Waals surface area contributed by atoms with E-state index in [1.54, 1.807) is 31.2 Å². The SMILES string of the molecule is CCOC(=O)CC(C(=O)c1ccc(Cl)cc1)C(=O)c1ccc(Cl)cc1. The second-order valence-electron chi connectivity index (χ2n) is 5.30. The number of hydrogen-bond acceptors (Lipinski definition) is 4. The van der Waals surface area contributed by atoms with E-state index < -0.39 is 23.5 Å². The lowest BCUT2D eigenvalue weighted by Crippen LogP contribution is -2.28. The van der Waals surface area contributed by atoms with Crippen molar-refractivity contribution in [1.82, 2.24) is 0 Å². The Labute approximate surface area is 155 Å². The molecule has 4 nitrogen and oxygen atoms in total. The zero-order valence-corrected chi connectivity index (χ0v) is 15.0. The molecule has 6 heteroatoms. The zero-order valence-electron chi connectivity index (χ0n) is 13.5. The molecule has 0 radical (unpaired) electrons. The summed E-state index contributed by atoms with van der Waals surface area (Å²) < 4.78 is 4.90. The number of rotatable bonds is 7. The number of benzene rings is 2. The normalized spacial score (nSPS) is 10.6. The van der Waals surface area contributed by atoms with Gasteiger partial charge in [-0.05, 0) is 55.5 Å². The van der Waals surface area contributed by atoms with Crippen LogP contribution in [0.15, 0.2) is 48.5 Å². The fraction of sp³-hybridized carbons (Fsp3) is 0.211. The van der Waals surface area contributed by atoms with Crippen LogP contribution in [0, 0.1) is 5.92 Å². The molecule has 0 N–H and O–H groups in total. The first-order valence-electron chi connectivity index (χ1n) is 7.67. The van der Waals surface area contributed by atoms with Crippen LogP contribution >= 0.6 is 23.2 Å². The van der Waals surface area contributed by atoms with Crippen molar-refractivity contribution in [2.75, 3.05) is 6.61 Å². The van der Waals surface area contributed by atoms with E-state index in [9.17, 15) is 14.4 Å². The quantitative estimate of drug-likeness (QED) is 0.400. The second-order valence-corrected chi connectivity index (χ2v) is 6.18. The molecule has 0 aliphatic rings. The molecule has 2 aromatic rings. The zero-order chi connectivity index (χ0) is 18.4. The van der Waals surface area contributed by atoms with Crippen LogP contribution in [0.5, 0.6) is 0 Å². The van der Waals surface area contributed by atoms with E-state index in [2.05, 4.69) is 0 Å². The van der Waals surface area contributed by atoms with Gasteiger partial charge in [-0.1, -0.05) is 23.2 Å². The average molecular weight is 379 g/mol. The molecule has 0 saturated heterocycles. The highest BCUT2D eigenvalue weighted by atomic mass is 35.5. The first-order chi connectivity index (χ1) is 11.9. The molecule has 0 heterocycles. The summed E-state index contributed by atoms with van der Waals surface area (Å²) in [6.07, 6.45) is -0.323. The molecule has 25 heavy (non-hydrogen) atoms. The molecular formula is C19H16Cl2O4. The van der Waals surface area contributed by atoms with Gasteiger partial charge in [0.25, 0.3) is 0 Å². The van der Waals surface area contributed by atoms with Gasteiger partial charge < -0.3 is 4.74 Å². The number of esters is 1. The van der Waals surface area contributed by atoms with Crippen LogP contribution in [0.25, 0.3) is 0 Å². The number of hydrogen-bond donors (Lipinski definition) is 0. The Balaban J connectivity index is 2.32. The van der Waals surface area contributed by atoms with E-state index >= 15 is 0 Å². The molecule has 0 unspecified atom stereocenters. The molecule has 0 amide bonds. The Morgan fingerprint density at radius 2 is 1.24 bits per heavy atom. The summed E-state index contributed by atoms with van der Waals surface area (Å²) >= 11 is 11.7. The lowest BCUT2D eigenvalue weighted by atomic mass is 9.87. The van der Waals surface area contributed by atoms with E-state index in [-0.39, 0.29) is 13.0 Å². The van der Waals surface area contributed by atoms with Crippen molar-refractivity contribution in [2.24, 2.45) is 5.92 Å². The number of ketones is 2. The molecule has 0 aliphatic heterocycles. The largest absolute Gasteiger partial charge is 0.466 e. The highest BCUT2D eigenvalue weighted by Crippen LogP contribution is 2.21. The predicted octanol–water partition coefficient (Wildman–Crippen LogP) is 4.63. The third-order valence-electron chi connectivity index (χ3n) is 3.57. The first-order valence-corrected chi connectivity index (χ1v) is 8.43. The monoisotopic (exact) mass is 378 g/mol. The van der Waals surface area contributed by atoms with Crippen LogP contribution in [0.2, 0.25) is 10.0 Å². The molecule has 0 spiro atoms. The van der Waals surface area contributed by atoms with E-state index in [0.717, 1.165) is 0 Å². The summed E-state index contributed by atoms with van der Waals surface area (Å²) in [5, 5.41) is 0.949. The lowest BCUT2D eigenvalue weighted by Gasteiger charge is -2.14. The van der Waals surface area contributed by atoms with Gasteiger partial charge >= 0.3 is 5.97 Å². The Kier molecular flexibility index (Phi) is 6.73. The predicted molar refractivity (Wildman–Crippen MR) is 96.3 cm³/mol. The van der Waals surface area contributed by atoms with E-state index in [4.69, 9.17) is 27.9 Å². The van der Waals surface area contributed by atoms with Crippen molar-refractivity contribution in [3.05, 3.63) is 69.7 Å². The van der Waals surface area contributed by atoms with Crippen molar-refractivity contribution in [2.45, 2.75) is 13.3 Å². The van der Waals surface area contributed by atoms with Gasteiger partial charge in [0.15, 0.2) is 11.6 Å². The Morgan fingerprint density at radius 1 is 0.840 bits per heavy atom. The van der Waals surface area contributed by atoms with Crippen molar-refractivity contribution in [3.63, 3.8) is 0 Å². The first kappa shape index (κ1) is 19.2. The van der Waals surface area contributed by atoms with E-state index in [1.807, 2.05) is 0 Å². The average Bonchev–Trinajstić information content (AvgIpc) is 2.60. The molecule has 130 valence electrons. The lowest BCUT2D eigenvalue weighted by molar-refractivity contribution is -0.143. The van der Waals surface area contributed by atoms with Crippen molar-refractivity contribution < 1.29 is 19.1 Å². The highest BCUT2D eigenvalue weighted by molar-refractivity contribution is 6.31. The van der Waals surface area contributed by atoms with Crippen LogP contribution < -0.4 is 0 Å². The molecule has 0 aromatic heterocycles. The van der Waals surface area contributed by atoms with Crippen molar-refractivity contribution in [1.29, 1.82) is 0 Å². The maximum atomic E-state index is 12.8. The molecule has 2 aromatic carbocycles. The fourth-order valence-corrected chi connectivity index (χ4v) is 2.57. The molecule has 0 atom stereocenters. The van der Waals surface area contributed by atoms with E-state index in [1.165, 1.54) is 24.3 Å². The fourth-order valence-electron chi connectivity index (χ4n) is 2.32. The van der Waals surface area contributed by atoms with Gasteiger partial charge in [0.1, 0.15) is 0 Å². The van der Waals surface area contributed by atoms with Crippen LogP contribution in [-0.2, 0) is 9.53 Å². The Hall–Kier alpha value is -2.17. The van der Waals surface area contributed by atoms with E-state index in [0.29, 0.717) is 21.2 Å². The summed E-state index contributed by atoms with van der Waals surface area (Å²) in [5.74, 6) is -2.67. The van der Waals surface area contributed by atoms with Gasteiger partial charge in [-0.25, -0.2) is 0 Å². The molecular weight excluding hydrogens is 363 g/mol. The molecule has 0 saturated carbocycles. The smallest absolute Gasteiger partial charge is 0.306 e. The van der Waals surface area contributed by atoms with Gasteiger partial charge in [-0.3, -0.25) is 14.4 Å². The second kappa shape index (κ2) is 8.79. The number of carbonyl (C=O) groups excluding carboxylic acids is 3. The van der Waals surface area contributed by atoms with Gasteiger partial charge in [-0.15, -0.1) is 0 Å². The van der Waals surface area contributed by atoms with Crippen LogP contribution in [0.3, 0.4) is 0 Å². The Morgan fingerprint density at radius 3 is 1.60 bits per heavy atom. The molecule has 0 fully saturated rings. The Bertz CT molecular complexity index is 710. The maximum absolute atomic E-state index is 12.8. The number of halogens is 2.